The number of hydrogen-bond acceptors (Lipinski definition) is 4. The van der Waals surface area contributed by atoms with Crippen LogP contribution in [-0.4, -0.2) is 59.1 Å². The first-order valence-corrected chi connectivity index (χ1v) is 11.0. The molecule has 5 atom stereocenters. The highest BCUT2D eigenvalue weighted by molar-refractivity contribution is 8.15. The summed E-state index contributed by atoms with van der Waals surface area (Å²) in [6.07, 6.45) is 4.87. The standard InChI is InChI=1S/C14H19ClN2O3S2/c15-5-13(18)16-14-17(10-4-8-1-2-9(10)3-8)11-6-22(19,20)7-12(11)21-14/h8-12H,1-7H2/t8-,9+,10-,11+,12-/m0/s1. The maximum absolute atomic E-state index is 12.0. The lowest BCUT2D eigenvalue weighted by molar-refractivity contribution is -0.115. The highest BCUT2D eigenvalue weighted by atomic mass is 35.5. The molecule has 4 aliphatic rings. The highest BCUT2D eigenvalue weighted by Crippen LogP contribution is 2.51. The van der Waals surface area contributed by atoms with E-state index in [9.17, 15) is 13.2 Å². The summed E-state index contributed by atoms with van der Waals surface area (Å²) in [6, 6.07) is 0.345. The molecule has 5 nitrogen and oxygen atoms in total. The number of halogens is 1. The maximum Gasteiger partial charge on any atom is 0.262 e. The van der Waals surface area contributed by atoms with Gasteiger partial charge < -0.3 is 4.90 Å². The Labute approximate surface area is 139 Å². The third-order valence-electron chi connectivity index (χ3n) is 5.50. The molecule has 0 N–H and O–H groups in total. The zero-order chi connectivity index (χ0) is 15.5. The Hall–Kier alpha value is -0.270. The van der Waals surface area contributed by atoms with Crippen molar-refractivity contribution in [2.45, 2.75) is 43.0 Å². The largest absolute Gasteiger partial charge is 0.343 e. The molecule has 122 valence electrons. The minimum Gasteiger partial charge on any atom is -0.343 e. The molecule has 2 aliphatic carbocycles. The normalized spacial score (nSPS) is 44.0. The Balaban J connectivity index is 1.66. The lowest BCUT2D eigenvalue weighted by atomic mass is 9.93. The van der Waals surface area contributed by atoms with Gasteiger partial charge in [-0.05, 0) is 31.1 Å². The number of carbonyl (C=O) groups excluding carboxylic acids is 1. The molecule has 0 aromatic heterocycles. The number of aliphatic imine (C=N–C) groups is 1. The average molecular weight is 363 g/mol. The van der Waals surface area contributed by atoms with Gasteiger partial charge in [0.15, 0.2) is 15.0 Å². The van der Waals surface area contributed by atoms with E-state index < -0.39 is 9.84 Å². The smallest absolute Gasteiger partial charge is 0.262 e. The number of thioether (sulfide) groups is 1. The molecule has 0 unspecified atom stereocenters. The highest BCUT2D eigenvalue weighted by Gasteiger charge is 2.54. The molecule has 0 spiro atoms. The molecule has 0 aromatic rings. The average Bonchev–Trinajstić information content (AvgIpc) is 3.17. The van der Waals surface area contributed by atoms with Crippen molar-refractivity contribution in [1.29, 1.82) is 0 Å². The fourth-order valence-electron chi connectivity index (χ4n) is 4.67. The molecule has 0 aromatic carbocycles. The molecule has 4 rings (SSSR count). The number of hydrogen-bond donors (Lipinski definition) is 0. The monoisotopic (exact) mass is 362 g/mol. The van der Waals surface area contributed by atoms with Crippen molar-refractivity contribution in [3.63, 3.8) is 0 Å². The van der Waals surface area contributed by atoms with Crippen LogP contribution in [-0.2, 0) is 14.6 Å². The molecule has 0 radical (unpaired) electrons. The number of alkyl halides is 1. The second kappa shape index (κ2) is 5.38. The van der Waals surface area contributed by atoms with Gasteiger partial charge in [-0.2, -0.15) is 4.99 Å². The second-order valence-electron chi connectivity index (χ2n) is 6.87. The van der Waals surface area contributed by atoms with Crippen LogP contribution in [0, 0.1) is 11.8 Å². The van der Waals surface area contributed by atoms with Crippen LogP contribution in [0.15, 0.2) is 4.99 Å². The summed E-state index contributed by atoms with van der Waals surface area (Å²) in [4.78, 5) is 18.0. The number of amides is 1. The van der Waals surface area contributed by atoms with Gasteiger partial charge in [-0.3, -0.25) is 4.79 Å². The Morgan fingerprint density at radius 3 is 2.73 bits per heavy atom. The van der Waals surface area contributed by atoms with Crippen molar-refractivity contribution in [2.75, 3.05) is 17.4 Å². The van der Waals surface area contributed by atoms with Gasteiger partial charge in [-0.1, -0.05) is 18.2 Å². The van der Waals surface area contributed by atoms with Crippen LogP contribution in [0.5, 0.6) is 0 Å². The van der Waals surface area contributed by atoms with E-state index in [2.05, 4.69) is 9.89 Å². The molecular formula is C14H19ClN2O3S2. The molecule has 2 saturated heterocycles. The number of sulfone groups is 1. The molecule has 2 aliphatic heterocycles. The van der Waals surface area contributed by atoms with E-state index in [0.29, 0.717) is 17.1 Å². The molecule has 4 fully saturated rings. The van der Waals surface area contributed by atoms with E-state index in [1.165, 1.54) is 31.0 Å². The first-order chi connectivity index (χ1) is 10.5. The quantitative estimate of drug-likeness (QED) is 0.696. The summed E-state index contributed by atoms with van der Waals surface area (Å²) < 4.78 is 24.0. The zero-order valence-electron chi connectivity index (χ0n) is 12.2. The molecule has 2 saturated carbocycles. The number of fused-ring (bicyclic) bond motifs is 3. The van der Waals surface area contributed by atoms with Gasteiger partial charge in [0, 0.05) is 11.3 Å². The fraction of sp³-hybridized carbons (Fsp3) is 0.857. The van der Waals surface area contributed by atoms with Gasteiger partial charge in [0.2, 0.25) is 0 Å². The van der Waals surface area contributed by atoms with E-state index in [-0.39, 0.29) is 34.6 Å². The van der Waals surface area contributed by atoms with Crippen molar-refractivity contribution >= 4 is 44.3 Å². The summed E-state index contributed by atoms with van der Waals surface area (Å²) >= 11 is 7.05. The van der Waals surface area contributed by atoms with E-state index in [4.69, 9.17) is 11.6 Å². The van der Waals surface area contributed by atoms with Gasteiger partial charge in [0.05, 0.1) is 17.5 Å². The number of carbonyl (C=O) groups is 1. The van der Waals surface area contributed by atoms with E-state index in [1.807, 2.05) is 0 Å². The minimum absolute atomic E-state index is 0.0128. The van der Waals surface area contributed by atoms with Gasteiger partial charge >= 0.3 is 0 Å². The van der Waals surface area contributed by atoms with Crippen LogP contribution in [0.4, 0.5) is 0 Å². The first-order valence-electron chi connectivity index (χ1n) is 7.80. The number of amidine groups is 1. The number of nitrogens with zero attached hydrogens (tertiary/aromatic N) is 2. The lowest BCUT2D eigenvalue weighted by Crippen LogP contribution is -2.47. The lowest BCUT2D eigenvalue weighted by Gasteiger charge is -2.36. The SMILES string of the molecule is O=C(CCl)N=C1S[C@H]2CS(=O)(=O)C[C@H]2N1[C@H]1C[C@H]2CC[C@@H]1C2. The van der Waals surface area contributed by atoms with Crippen LogP contribution >= 0.6 is 23.4 Å². The Morgan fingerprint density at radius 2 is 2.09 bits per heavy atom. The third-order valence-corrected chi connectivity index (χ3v) is 8.95. The fourth-order valence-corrected chi connectivity index (χ4v) is 8.72. The van der Waals surface area contributed by atoms with E-state index >= 15 is 0 Å². The van der Waals surface area contributed by atoms with Gasteiger partial charge in [-0.25, -0.2) is 8.42 Å². The molecule has 2 heterocycles. The first kappa shape index (κ1) is 15.3. The molecular weight excluding hydrogens is 344 g/mol. The molecule has 1 amide bonds. The van der Waals surface area contributed by atoms with Crippen molar-refractivity contribution < 1.29 is 13.2 Å². The maximum atomic E-state index is 12.0. The summed E-state index contributed by atoms with van der Waals surface area (Å²) in [6.45, 7) is 0. The van der Waals surface area contributed by atoms with E-state index in [1.54, 1.807) is 0 Å². The van der Waals surface area contributed by atoms with Gasteiger partial charge in [0.25, 0.3) is 5.91 Å². The van der Waals surface area contributed by atoms with Crippen molar-refractivity contribution in [1.82, 2.24) is 4.90 Å². The molecule has 8 heteroatoms. The summed E-state index contributed by atoms with van der Waals surface area (Å²) in [7, 11) is -2.97. The van der Waals surface area contributed by atoms with Crippen LogP contribution in [0.25, 0.3) is 0 Å². The molecule has 22 heavy (non-hydrogen) atoms. The van der Waals surface area contributed by atoms with Crippen molar-refractivity contribution in [2.24, 2.45) is 16.8 Å². The van der Waals surface area contributed by atoms with Crippen LogP contribution < -0.4 is 0 Å². The Kier molecular flexibility index (Phi) is 3.73. The van der Waals surface area contributed by atoms with Gasteiger partial charge in [-0.15, -0.1) is 11.6 Å². The number of rotatable bonds is 2. The predicted octanol–water partition coefficient (Wildman–Crippen LogP) is 1.51. The Bertz CT molecular complexity index is 636. The Morgan fingerprint density at radius 1 is 1.27 bits per heavy atom. The summed E-state index contributed by atoms with van der Waals surface area (Å²) in [5, 5.41) is 0.735. The van der Waals surface area contributed by atoms with Crippen molar-refractivity contribution in [3.8, 4) is 0 Å². The molecule has 2 bridgehead atoms. The predicted molar refractivity (Wildman–Crippen MR) is 88.1 cm³/mol. The van der Waals surface area contributed by atoms with Crippen LogP contribution in [0.2, 0.25) is 0 Å². The zero-order valence-corrected chi connectivity index (χ0v) is 14.5. The minimum atomic E-state index is -2.97. The third kappa shape index (κ3) is 2.49. The summed E-state index contributed by atoms with van der Waals surface area (Å²) in [5.74, 6) is 1.34. The van der Waals surface area contributed by atoms with Crippen LogP contribution in [0.3, 0.4) is 0 Å². The topological polar surface area (TPSA) is 66.8 Å². The summed E-state index contributed by atoms with van der Waals surface area (Å²) in [5.41, 5.74) is 0. The van der Waals surface area contributed by atoms with E-state index in [0.717, 1.165) is 12.3 Å². The van der Waals surface area contributed by atoms with Crippen LogP contribution in [0.1, 0.15) is 25.7 Å². The second-order valence-corrected chi connectivity index (χ2v) is 10.5. The van der Waals surface area contributed by atoms with Crippen molar-refractivity contribution in [3.05, 3.63) is 0 Å². The van der Waals surface area contributed by atoms with Gasteiger partial charge in [0.1, 0.15) is 5.88 Å².